The quantitative estimate of drug-likeness (QED) is 0.784. The first-order chi connectivity index (χ1) is 10.1. The van der Waals surface area contributed by atoms with Crippen LogP contribution in [-0.4, -0.2) is 9.38 Å². The average molecular weight is 300 g/mol. The Hall–Kier alpha value is -1.84. The molecule has 2 heterocycles. The molecule has 0 unspecified atom stereocenters. The lowest BCUT2D eigenvalue weighted by molar-refractivity contribution is 0.564. The van der Waals surface area contributed by atoms with Crippen molar-refractivity contribution in [1.82, 2.24) is 14.7 Å². The topological polar surface area (TPSA) is 29.3 Å². The number of aryl methyl sites for hydroxylation is 1. The van der Waals surface area contributed by atoms with Crippen molar-refractivity contribution in [3.63, 3.8) is 0 Å². The lowest BCUT2D eigenvalue weighted by Gasteiger charge is -2.15. The molecule has 0 aliphatic heterocycles. The Labute approximate surface area is 129 Å². The van der Waals surface area contributed by atoms with Gasteiger partial charge in [0.25, 0.3) is 0 Å². The second kappa shape index (κ2) is 5.88. The van der Waals surface area contributed by atoms with Gasteiger partial charge in [-0.15, -0.1) is 0 Å². The van der Waals surface area contributed by atoms with Gasteiger partial charge in [-0.3, -0.25) is 0 Å². The molecule has 0 spiro atoms. The zero-order valence-electron chi connectivity index (χ0n) is 12.2. The molecule has 0 radical (unpaired) electrons. The van der Waals surface area contributed by atoms with Gasteiger partial charge in [-0.25, -0.2) is 4.98 Å². The van der Waals surface area contributed by atoms with Gasteiger partial charge in [0.15, 0.2) is 0 Å². The van der Waals surface area contributed by atoms with E-state index in [0.29, 0.717) is 0 Å². The standard InChI is InChI=1S/C17H18ClN3/c1-12(14-6-5-7-15(18)10-14)19-11-16-13(2)20-17-8-3-4-9-21(16)17/h3-10,12,19H,11H2,1-2H3/t12-/m1/s1. The molecule has 3 aromatic rings. The molecule has 0 aliphatic carbocycles. The Kier molecular flexibility index (Phi) is 3.95. The van der Waals surface area contributed by atoms with Gasteiger partial charge in [-0.1, -0.05) is 29.8 Å². The van der Waals surface area contributed by atoms with E-state index in [1.807, 2.05) is 43.3 Å². The number of aromatic nitrogens is 2. The molecule has 4 heteroatoms. The molecule has 2 aromatic heterocycles. The third-order valence-electron chi connectivity index (χ3n) is 3.75. The fraction of sp³-hybridized carbons (Fsp3) is 0.235. The number of hydrogen-bond donors (Lipinski definition) is 1. The number of rotatable bonds is 4. The first-order valence-corrected chi connectivity index (χ1v) is 7.44. The highest BCUT2D eigenvalue weighted by molar-refractivity contribution is 6.30. The van der Waals surface area contributed by atoms with Crippen molar-refractivity contribution in [3.05, 3.63) is 70.6 Å². The second-order valence-corrected chi connectivity index (χ2v) is 5.67. The van der Waals surface area contributed by atoms with Gasteiger partial charge in [0.2, 0.25) is 0 Å². The number of nitrogens with one attached hydrogen (secondary N) is 1. The van der Waals surface area contributed by atoms with E-state index in [1.165, 1.54) is 11.3 Å². The summed E-state index contributed by atoms with van der Waals surface area (Å²) in [6.45, 7) is 4.96. The fourth-order valence-corrected chi connectivity index (χ4v) is 2.72. The molecule has 0 saturated heterocycles. The average Bonchev–Trinajstić information content (AvgIpc) is 2.80. The van der Waals surface area contributed by atoms with Crippen LogP contribution >= 0.6 is 11.6 Å². The molecule has 3 rings (SSSR count). The maximum atomic E-state index is 6.05. The van der Waals surface area contributed by atoms with Crippen molar-refractivity contribution in [2.45, 2.75) is 26.4 Å². The summed E-state index contributed by atoms with van der Waals surface area (Å²) in [5.74, 6) is 0. The van der Waals surface area contributed by atoms with Crippen LogP contribution in [0.25, 0.3) is 5.65 Å². The highest BCUT2D eigenvalue weighted by Gasteiger charge is 2.10. The van der Waals surface area contributed by atoms with Crippen molar-refractivity contribution >= 4 is 17.2 Å². The van der Waals surface area contributed by atoms with Crippen LogP contribution in [0.15, 0.2) is 48.7 Å². The van der Waals surface area contributed by atoms with Crippen LogP contribution in [-0.2, 0) is 6.54 Å². The minimum atomic E-state index is 0.234. The maximum Gasteiger partial charge on any atom is 0.137 e. The summed E-state index contributed by atoms with van der Waals surface area (Å²) in [5.41, 5.74) is 4.43. The van der Waals surface area contributed by atoms with Crippen LogP contribution in [0.3, 0.4) is 0 Å². The Morgan fingerprint density at radius 1 is 1.24 bits per heavy atom. The summed E-state index contributed by atoms with van der Waals surface area (Å²) < 4.78 is 2.13. The second-order valence-electron chi connectivity index (χ2n) is 5.23. The molecular formula is C17H18ClN3. The molecule has 1 atom stereocenters. The molecule has 3 nitrogen and oxygen atoms in total. The van der Waals surface area contributed by atoms with E-state index in [1.54, 1.807) is 0 Å². The van der Waals surface area contributed by atoms with Gasteiger partial charge < -0.3 is 9.72 Å². The number of pyridine rings is 1. The largest absolute Gasteiger partial charge is 0.305 e. The van der Waals surface area contributed by atoms with Crippen LogP contribution in [0.4, 0.5) is 0 Å². The van der Waals surface area contributed by atoms with Crippen molar-refractivity contribution in [2.75, 3.05) is 0 Å². The molecule has 21 heavy (non-hydrogen) atoms. The van der Waals surface area contributed by atoms with E-state index in [0.717, 1.165) is 22.9 Å². The molecule has 0 amide bonds. The first-order valence-electron chi connectivity index (χ1n) is 7.06. The van der Waals surface area contributed by atoms with Crippen LogP contribution in [0, 0.1) is 6.92 Å². The molecule has 1 aromatic carbocycles. The number of nitrogens with zero attached hydrogens (tertiary/aromatic N) is 2. The zero-order valence-corrected chi connectivity index (χ0v) is 12.9. The van der Waals surface area contributed by atoms with Crippen LogP contribution < -0.4 is 5.32 Å². The van der Waals surface area contributed by atoms with E-state index in [4.69, 9.17) is 11.6 Å². The van der Waals surface area contributed by atoms with Gasteiger partial charge in [0, 0.05) is 23.8 Å². The molecule has 0 aliphatic rings. The van der Waals surface area contributed by atoms with Gasteiger partial charge in [-0.2, -0.15) is 0 Å². The maximum absolute atomic E-state index is 6.05. The van der Waals surface area contributed by atoms with E-state index < -0.39 is 0 Å². The van der Waals surface area contributed by atoms with Gasteiger partial charge in [-0.05, 0) is 43.7 Å². The number of fused-ring (bicyclic) bond motifs is 1. The Morgan fingerprint density at radius 2 is 2.10 bits per heavy atom. The third kappa shape index (κ3) is 2.94. The molecule has 0 saturated carbocycles. The molecular weight excluding hydrogens is 282 g/mol. The van der Waals surface area contributed by atoms with Crippen molar-refractivity contribution in [1.29, 1.82) is 0 Å². The fourth-order valence-electron chi connectivity index (χ4n) is 2.52. The van der Waals surface area contributed by atoms with Crippen molar-refractivity contribution < 1.29 is 0 Å². The minimum absolute atomic E-state index is 0.234. The van der Waals surface area contributed by atoms with Gasteiger partial charge in [0.05, 0.1) is 11.4 Å². The lowest BCUT2D eigenvalue weighted by Crippen LogP contribution is -2.19. The van der Waals surface area contributed by atoms with E-state index >= 15 is 0 Å². The predicted molar refractivity (Wildman–Crippen MR) is 86.6 cm³/mol. The number of imidazole rings is 1. The molecule has 108 valence electrons. The Balaban J connectivity index is 1.79. The Morgan fingerprint density at radius 3 is 2.90 bits per heavy atom. The van der Waals surface area contributed by atoms with Gasteiger partial charge in [0.1, 0.15) is 5.65 Å². The molecule has 0 bridgehead atoms. The first kappa shape index (κ1) is 14.1. The number of halogens is 1. The van der Waals surface area contributed by atoms with E-state index in [2.05, 4.69) is 33.9 Å². The highest BCUT2D eigenvalue weighted by atomic mass is 35.5. The van der Waals surface area contributed by atoms with E-state index in [-0.39, 0.29) is 6.04 Å². The normalized spacial score (nSPS) is 12.7. The van der Waals surface area contributed by atoms with Crippen molar-refractivity contribution in [2.24, 2.45) is 0 Å². The number of benzene rings is 1. The summed E-state index contributed by atoms with van der Waals surface area (Å²) >= 11 is 6.05. The van der Waals surface area contributed by atoms with Crippen LogP contribution in [0.5, 0.6) is 0 Å². The molecule has 1 N–H and O–H groups in total. The van der Waals surface area contributed by atoms with Gasteiger partial charge >= 0.3 is 0 Å². The Bertz CT molecular complexity index is 764. The van der Waals surface area contributed by atoms with Crippen molar-refractivity contribution in [3.8, 4) is 0 Å². The molecule has 0 fully saturated rings. The predicted octanol–water partition coefficient (Wildman–Crippen LogP) is 4.15. The minimum Gasteiger partial charge on any atom is -0.305 e. The summed E-state index contributed by atoms with van der Waals surface area (Å²) in [7, 11) is 0. The summed E-state index contributed by atoms with van der Waals surface area (Å²) in [6, 6.07) is 14.3. The lowest BCUT2D eigenvalue weighted by atomic mass is 10.1. The summed E-state index contributed by atoms with van der Waals surface area (Å²) in [6.07, 6.45) is 2.05. The zero-order chi connectivity index (χ0) is 14.8. The number of hydrogen-bond acceptors (Lipinski definition) is 2. The third-order valence-corrected chi connectivity index (χ3v) is 3.99. The highest BCUT2D eigenvalue weighted by Crippen LogP contribution is 2.18. The SMILES string of the molecule is Cc1nc2ccccn2c1CN[C@H](C)c1cccc(Cl)c1. The smallest absolute Gasteiger partial charge is 0.137 e. The van der Waals surface area contributed by atoms with Crippen LogP contribution in [0.1, 0.15) is 29.9 Å². The van der Waals surface area contributed by atoms with E-state index in [9.17, 15) is 0 Å². The van der Waals surface area contributed by atoms with Crippen LogP contribution in [0.2, 0.25) is 5.02 Å². The monoisotopic (exact) mass is 299 g/mol. The summed E-state index contributed by atoms with van der Waals surface area (Å²) in [5, 5.41) is 4.31. The summed E-state index contributed by atoms with van der Waals surface area (Å²) in [4.78, 5) is 4.58.